The number of halogens is 2. The van der Waals surface area contributed by atoms with Gasteiger partial charge in [0, 0.05) is 38.4 Å². The molecule has 1 atom stereocenters. The molecule has 2 aromatic carbocycles. The van der Waals surface area contributed by atoms with Crippen LogP contribution in [0.25, 0.3) is 0 Å². The van der Waals surface area contributed by atoms with E-state index in [0.717, 1.165) is 35.0 Å². The van der Waals surface area contributed by atoms with Gasteiger partial charge >= 0.3 is 0 Å². The smallest absolute Gasteiger partial charge is 0.172 e. The Kier molecular flexibility index (Phi) is 9.72. The zero-order valence-electron chi connectivity index (χ0n) is 28.6. The van der Waals surface area contributed by atoms with Gasteiger partial charge in [-0.2, -0.15) is 15.8 Å². The number of rotatable bonds is 5. The SMILES string of the molecule is CC1(C)OC(=C(C#N)C#N)C(C#N)=C1/C=C/C1=C(Cl)C(=C/C=C2\N(Cc3ccc(Br)cc3)c3ccccc3C2(C)C)/CC(C(C)(C)C)C1. The monoisotopic (exact) mass is 718 g/mol. The molecule has 5 nitrogen and oxygen atoms in total. The first-order chi connectivity index (χ1) is 22.6. The number of ether oxygens (including phenoxy) is 1. The molecule has 1 aliphatic carbocycles. The zero-order valence-corrected chi connectivity index (χ0v) is 30.9. The second kappa shape index (κ2) is 13.3. The van der Waals surface area contributed by atoms with E-state index in [1.54, 1.807) is 0 Å². The van der Waals surface area contributed by atoms with Crippen LogP contribution in [0.15, 0.2) is 122 Å². The second-order valence-electron chi connectivity index (χ2n) is 14.7. The van der Waals surface area contributed by atoms with Crippen molar-refractivity contribution in [2.75, 3.05) is 4.90 Å². The number of hydrogen-bond acceptors (Lipinski definition) is 5. The quantitative estimate of drug-likeness (QED) is 0.287. The van der Waals surface area contributed by atoms with Gasteiger partial charge < -0.3 is 9.64 Å². The lowest BCUT2D eigenvalue weighted by atomic mass is 9.70. The molecule has 0 saturated heterocycles. The Bertz CT molecular complexity index is 1950. The van der Waals surface area contributed by atoms with Crippen LogP contribution in [0.5, 0.6) is 0 Å². The van der Waals surface area contributed by atoms with Gasteiger partial charge in [0.1, 0.15) is 29.4 Å². The number of hydrogen-bond donors (Lipinski definition) is 0. The molecule has 3 aliphatic rings. The maximum absolute atomic E-state index is 10.0. The van der Waals surface area contributed by atoms with E-state index in [-0.39, 0.29) is 27.7 Å². The average molecular weight is 720 g/mol. The first-order valence-electron chi connectivity index (χ1n) is 16.1. The van der Waals surface area contributed by atoms with E-state index in [0.29, 0.717) is 16.5 Å². The molecule has 0 spiro atoms. The van der Waals surface area contributed by atoms with Crippen molar-refractivity contribution in [2.24, 2.45) is 11.3 Å². The van der Waals surface area contributed by atoms with E-state index < -0.39 is 5.60 Å². The number of nitrogens with zero attached hydrogens (tertiary/aromatic N) is 4. The molecule has 0 saturated carbocycles. The molecule has 1 unspecified atom stereocenters. The highest BCUT2D eigenvalue weighted by atomic mass is 79.9. The van der Waals surface area contributed by atoms with E-state index in [4.69, 9.17) is 16.3 Å². The van der Waals surface area contributed by atoms with Gasteiger partial charge in [-0.1, -0.05) is 111 Å². The van der Waals surface area contributed by atoms with Gasteiger partial charge in [0.25, 0.3) is 0 Å². The second-order valence-corrected chi connectivity index (χ2v) is 16.0. The lowest BCUT2D eigenvalue weighted by Gasteiger charge is -2.36. The summed E-state index contributed by atoms with van der Waals surface area (Å²) in [5, 5.41) is 29.7. The van der Waals surface area contributed by atoms with Crippen molar-refractivity contribution in [3.8, 4) is 18.2 Å². The minimum atomic E-state index is -0.897. The van der Waals surface area contributed by atoms with Crippen LogP contribution in [-0.4, -0.2) is 5.60 Å². The van der Waals surface area contributed by atoms with E-state index in [1.165, 1.54) is 22.5 Å². The lowest BCUT2D eigenvalue weighted by Crippen LogP contribution is -2.26. The summed E-state index contributed by atoms with van der Waals surface area (Å²) in [6.45, 7) is 15.7. The average Bonchev–Trinajstić information content (AvgIpc) is 3.41. The van der Waals surface area contributed by atoms with Crippen LogP contribution >= 0.6 is 27.5 Å². The van der Waals surface area contributed by atoms with Crippen LogP contribution in [0.4, 0.5) is 5.69 Å². The third-order valence-electron chi connectivity index (χ3n) is 9.73. The molecule has 244 valence electrons. The third kappa shape index (κ3) is 6.69. The topological polar surface area (TPSA) is 83.8 Å². The number of benzene rings is 2. The Hall–Kier alpha value is -4.28. The van der Waals surface area contributed by atoms with Crippen LogP contribution in [0.1, 0.15) is 72.4 Å². The summed E-state index contributed by atoms with van der Waals surface area (Å²) < 4.78 is 7.04. The fourth-order valence-electron chi connectivity index (χ4n) is 6.81. The first-order valence-corrected chi connectivity index (χ1v) is 17.3. The predicted molar refractivity (Wildman–Crippen MR) is 196 cm³/mol. The van der Waals surface area contributed by atoms with Crippen molar-refractivity contribution in [2.45, 2.75) is 78.9 Å². The highest BCUT2D eigenvalue weighted by Gasteiger charge is 2.41. The molecule has 0 amide bonds. The van der Waals surface area contributed by atoms with Crippen LogP contribution in [-0.2, 0) is 16.7 Å². The molecule has 2 aliphatic heterocycles. The largest absolute Gasteiger partial charge is 0.480 e. The van der Waals surface area contributed by atoms with Gasteiger partial charge in [-0.25, -0.2) is 0 Å². The summed E-state index contributed by atoms with van der Waals surface area (Å²) in [6, 6.07) is 23.0. The van der Waals surface area contributed by atoms with Gasteiger partial charge in [0.2, 0.25) is 0 Å². The normalized spacial score (nSPS) is 21.8. The fourth-order valence-corrected chi connectivity index (χ4v) is 7.36. The Balaban J connectivity index is 1.60. The van der Waals surface area contributed by atoms with Crippen molar-refractivity contribution in [1.82, 2.24) is 0 Å². The lowest BCUT2D eigenvalue weighted by molar-refractivity contribution is 0.0954. The zero-order chi connectivity index (χ0) is 35.0. The van der Waals surface area contributed by atoms with Crippen LogP contribution in [0, 0.1) is 45.3 Å². The van der Waals surface area contributed by atoms with Crippen LogP contribution < -0.4 is 4.90 Å². The molecule has 0 bridgehead atoms. The van der Waals surface area contributed by atoms with Crippen molar-refractivity contribution in [3.05, 3.63) is 133 Å². The maximum atomic E-state index is 10.0. The first kappa shape index (κ1) is 35.0. The van der Waals surface area contributed by atoms with Crippen LogP contribution in [0.2, 0.25) is 0 Å². The van der Waals surface area contributed by atoms with Crippen LogP contribution in [0.3, 0.4) is 0 Å². The number of nitriles is 3. The molecular formula is C41H40BrClN4O. The Labute approximate surface area is 298 Å². The number of para-hydroxylation sites is 1. The highest BCUT2D eigenvalue weighted by Crippen LogP contribution is 2.50. The van der Waals surface area contributed by atoms with E-state index in [2.05, 4.69) is 122 Å². The summed E-state index contributed by atoms with van der Waals surface area (Å²) in [5.74, 6) is 0.358. The van der Waals surface area contributed by atoms with Gasteiger partial charge in [0.05, 0.1) is 0 Å². The fraction of sp³-hybridized carbons (Fsp3) is 0.341. The third-order valence-corrected chi connectivity index (χ3v) is 10.7. The maximum Gasteiger partial charge on any atom is 0.172 e. The predicted octanol–water partition coefficient (Wildman–Crippen LogP) is 11.0. The molecule has 2 heterocycles. The number of allylic oxidation sites excluding steroid dienone is 9. The van der Waals surface area contributed by atoms with Crippen molar-refractivity contribution < 1.29 is 4.74 Å². The van der Waals surface area contributed by atoms with Gasteiger partial charge in [-0.05, 0) is 84.6 Å². The minimum absolute atomic E-state index is 0.0244. The number of fused-ring (bicyclic) bond motifs is 1. The minimum Gasteiger partial charge on any atom is -0.480 e. The Morgan fingerprint density at radius 2 is 1.65 bits per heavy atom. The molecular weight excluding hydrogens is 680 g/mol. The Morgan fingerprint density at radius 1 is 0.979 bits per heavy atom. The van der Waals surface area contributed by atoms with Crippen molar-refractivity contribution in [1.29, 1.82) is 15.8 Å². The standard InChI is InChI=1S/C41H40BrClN4O/c1-39(2,3)30-20-27(14-18-33-32(24-46)38(29(22-44)23-45)48-41(33,6)7)37(43)28(21-30)15-19-36-40(4,5)34-10-8-9-11-35(34)47(36)25-26-12-16-31(42)17-13-26/h8-19,30H,20-21,25H2,1-7H3/b18-14+,28-15+,36-19-. The number of anilines is 1. The molecule has 48 heavy (non-hydrogen) atoms. The van der Waals surface area contributed by atoms with E-state index >= 15 is 0 Å². The molecule has 7 heteroatoms. The van der Waals surface area contributed by atoms with Gasteiger partial charge in [-0.15, -0.1) is 0 Å². The summed E-state index contributed by atoms with van der Waals surface area (Å²) in [5.41, 5.74) is 6.48. The van der Waals surface area contributed by atoms with Gasteiger partial charge in [0.15, 0.2) is 11.3 Å². The molecule has 5 rings (SSSR count). The molecule has 0 N–H and O–H groups in total. The van der Waals surface area contributed by atoms with Crippen molar-refractivity contribution >= 4 is 33.2 Å². The summed E-state index contributed by atoms with van der Waals surface area (Å²) >= 11 is 10.8. The summed E-state index contributed by atoms with van der Waals surface area (Å²) in [7, 11) is 0. The molecule has 0 fully saturated rings. The van der Waals surface area contributed by atoms with Crippen molar-refractivity contribution in [3.63, 3.8) is 0 Å². The van der Waals surface area contributed by atoms with E-state index in [1.807, 2.05) is 38.1 Å². The molecule has 0 aromatic heterocycles. The van der Waals surface area contributed by atoms with Gasteiger partial charge in [-0.3, -0.25) is 0 Å². The summed E-state index contributed by atoms with van der Waals surface area (Å²) in [6.07, 6.45) is 9.91. The Morgan fingerprint density at radius 3 is 2.27 bits per heavy atom. The highest BCUT2D eigenvalue weighted by molar-refractivity contribution is 9.10. The van der Waals surface area contributed by atoms with E-state index in [9.17, 15) is 15.8 Å². The molecule has 2 aromatic rings. The molecule has 0 radical (unpaired) electrons. The summed E-state index contributed by atoms with van der Waals surface area (Å²) in [4.78, 5) is 2.41.